The molecule has 23 heavy (non-hydrogen) atoms. The van der Waals surface area contributed by atoms with E-state index in [9.17, 15) is 13.2 Å². The summed E-state index contributed by atoms with van der Waals surface area (Å²) in [6.45, 7) is 2.90. The molecule has 0 aliphatic carbocycles. The second kappa shape index (κ2) is 9.52. The Balaban J connectivity index is 2.56. The van der Waals surface area contributed by atoms with Crippen LogP contribution >= 0.6 is 0 Å². The fraction of sp³-hybridized carbons (Fsp3) is 0.562. The molecule has 0 saturated carbocycles. The van der Waals surface area contributed by atoms with E-state index in [4.69, 9.17) is 4.74 Å². The van der Waals surface area contributed by atoms with Gasteiger partial charge in [-0.05, 0) is 30.5 Å². The summed E-state index contributed by atoms with van der Waals surface area (Å²) in [5, 5.41) is 2.74. The van der Waals surface area contributed by atoms with Gasteiger partial charge in [0.1, 0.15) is 5.75 Å². The molecule has 0 fully saturated rings. The molecule has 130 valence electrons. The molecule has 7 heteroatoms. The number of benzene rings is 1. The number of nitrogens with zero attached hydrogens (tertiary/aromatic N) is 1. The zero-order chi connectivity index (χ0) is 17.3. The molecular formula is C16H26N2O4S. The first-order chi connectivity index (χ1) is 10.9. The zero-order valence-corrected chi connectivity index (χ0v) is 14.9. The van der Waals surface area contributed by atoms with Crippen LogP contribution in [0.2, 0.25) is 0 Å². The molecule has 6 nitrogen and oxygen atoms in total. The molecule has 0 bridgehead atoms. The van der Waals surface area contributed by atoms with Crippen molar-refractivity contribution in [3.8, 4) is 5.75 Å². The topological polar surface area (TPSA) is 75.7 Å². The number of amides is 1. The third-order valence-electron chi connectivity index (χ3n) is 3.41. The van der Waals surface area contributed by atoms with Crippen LogP contribution < -0.4 is 10.1 Å². The lowest BCUT2D eigenvalue weighted by Crippen LogP contribution is -2.39. The lowest BCUT2D eigenvalue weighted by Gasteiger charge is -2.20. The van der Waals surface area contributed by atoms with Gasteiger partial charge in [-0.2, -0.15) is 0 Å². The van der Waals surface area contributed by atoms with Crippen molar-refractivity contribution in [2.75, 3.05) is 33.0 Å². The normalized spacial score (nSPS) is 11.5. The molecule has 0 radical (unpaired) electrons. The maximum Gasteiger partial charge on any atom is 0.220 e. The maximum atomic E-state index is 11.9. The van der Waals surface area contributed by atoms with Crippen LogP contribution in [-0.4, -0.2) is 51.6 Å². The molecule has 1 rings (SSSR count). The highest BCUT2D eigenvalue weighted by Crippen LogP contribution is 2.13. The Morgan fingerprint density at radius 3 is 2.65 bits per heavy atom. The van der Waals surface area contributed by atoms with Crippen LogP contribution in [0.25, 0.3) is 0 Å². The van der Waals surface area contributed by atoms with Gasteiger partial charge in [0, 0.05) is 26.1 Å². The van der Waals surface area contributed by atoms with Gasteiger partial charge in [0.05, 0.1) is 13.4 Å². The van der Waals surface area contributed by atoms with Crippen molar-refractivity contribution < 1.29 is 17.9 Å². The van der Waals surface area contributed by atoms with Crippen LogP contribution in [0.1, 0.15) is 25.3 Å². The van der Waals surface area contributed by atoms with E-state index in [1.54, 1.807) is 7.11 Å². The van der Waals surface area contributed by atoms with E-state index in [1.165, 1.54) is 10.6 Å². The summed E-state index contributed by atoms with van der Waals surface area (Å²) in [6, 6.07) is 7.56. The van der Waals surface area contributed by atoms with E-state index < -0.39 is 10.0 Å². The molecule has 1 aromatic carbocycles. The van der Waals surface area contributed by atoms with Crippen LogP contribution in [0.4, 0.5) is 0 Å². The predicted octanol–water partition coefficient (Wildman–Crippen LogP) is 1.42. The average Bonchev–Trinajstić information content (AvgIpc) is 2.50. The number of carbonyl (C=O) groups is 1. The summed E-state index contributed by atoms with van der Waals surface area (Å²) in [4.78, 5) is 11.4. The van der Waals surface area contributed by atoms with E-state index in [1.807, 2.05) is 31.2 Å². The molecule has 1 N–H and O–H groups in total. The van der Waals surface area contributed by atoms with E-state index in [2.05, 4.69) is 5.32 Å². The molecule has 0 saturated heterocycles. The maximum absolute atomic E-state index is 11.9. The number of hydrogen-bond donors (Lipinski definition) is 1. The number of carbonyl (C=O) groups excluding carboxylic acids is 1. The van der Waals surface area contributed by atoms with E-state index >= 15 is 0 Å². The second-order valence-corrected chi connectivity index (χ2v) is 7.35. The van der Waals surface area contributed by atoms with Crippen molar-refractivity contribution in [2.45, 2.75) is 26.2 Å². The molecule has 0 spiro atoms. The molecular weight excluding hydrogens is 316 g/mol. The molecule has 0 aliphatic heterocycles. The number of nitrogens with one attached hydrogen (secondary N) is 1. The lowest BCUT2D eigenvalue weighted by molar-refractivity contribution is -0.121. The Labute approximate surface area is 138 Å². The van der Waals surface area contributed by atoms with Crippen LogP contribution in [0.15, 0.2) is 24.3 Å². The first-order valence-corrected chi connectivity index (χ1v) is 9.56. The molecule has 0 unspecified atom stereocenters. The highest BCUT2D eigenvalue weighted by Gasteiger charge is 2.16. The van der Waals surface area contributed by atoms with Crippen molar-refractivity contribution in [1.82, 2.24) is 9.62 Å². The molecule has 0 aliphatic rings. The fourth-order valence-electron chi connectivity index (χ4n) is 2.16. The smallest absolute Gasteiger partial charge is 0.220 e. The monoisotopic (exact) mass is 342 g/mol. The van der Waals surface area contributed by atoms with Crippen molar-refractivity contribution in [3.63, 3.8) is 0 Å². The van der Waals surface area contributed by atoms with Gasteiger partial charge in [-0.15, -0.1) is 0 Å². The van der Waals surface area contributed by atoms with Gasteiger partial charge in [-0.3, -0.25) is 4.79 Å². The molecule has 0 heterocycles. The summed E-state index contributed by atoms with van der Waals surface area (Å²) in [7, 11) is -1.71. The summed E-state index contributed by atoms with van der Waals surface area (Å²) in [6.07, 6.45) is 3.01. The van der Waals surface area contributed by atoms with Crippen molar-refractivity contribution >= 4 is 15.9 Å². The quantitative estimate of drug-likeness (QED) is 0.698. The van der Waals surface area contributed by atoms with Crippen LogP contribution in [-0.2, 0) is 21.2 Å². The Hall–Kier alpha value is -1.60. The van der Waals surface area contributed by atoms with Gasteiger partial charge in [0.25, 0.3) is 0 Å². The van der Waals surface area contributed by atoms with Crippen molar-refractivity contribution in [1.29, 1.82) is 0 Å². The van der Waals surface area contributed by atoms with Gasteiger partial charge < -0.3 is 10.1 Å². The number of ether oxygens (including phenoxy) is 1. The second-order valence-electron chi connectivity index (χ2n) is 5.36. The minimum absolute atomic E-state index is 0.0475. The third kappa shape index (κ3) is 7.47. The van der Waals surface area contributed by atoms with Crippen LogP contribution in [0.5, 0.6) is 5.75 Å². The highest BCUT2D eigenvalue weighted by atomic mass is 32.2. The first-order valence-electron chi connectivity index (χ1n) is 7.71. The molecule has 1 amide bonds. The van der Waals surface area contributed by atoms with Gasteiger partial charge in [0.15, 0.2) is 0 Å². The van der Waals surface area contributed by atoms with Crippen molar-refractivity contribution in [2.24, 2.45) is 0 Å². The summed E-state index contributed by atoms with van der Waals surface area (Å²) >= 11 is 0. The molecule has 1 aromatic rings. The number of hydrogen-bond acceptors (Lipinski definition) is 4. The highest BCUT2D eigenvalue weighted by molar-refractivity contribution is 7.88. The molecule has 0 atom stereocenters. The average molecular weight is 342 g/mol. The minimum atomic E-state index is -3.31. The van der Waals surface area contributed by atoms with Crippen LogP contribution in [0.3, 0.4) is 0 Å². The van der Waals surface area contributed by atoms with E-state index in [0.29, 0.717) is 25.9 Å². The number of rotatable bonds is 10. The zero-order valence-electron chi connectivity index (χ0n) is 14.0. The van der Waals surface area contributed by atoms with Gasteiger partial charge >= 0.3 is 0 Å². The van der Waals surface area contributed by atoms with E-state index in [0.717, 1.165) is 17.7 Å². The first kappa shape index (κ1) is 19.4. The van der Waals surface area contributed by atoms with Crippen molar-refractivity contribution in [3.05, 3.63) is 29.8 Å². The summed E-state index contributed by atoms with van der Waals surface area (Å²) in [5.74, 6) is 0.703. The fourth-order valence-corrected chi connectivity index (χ4v) is 3.01. The largest absolute Gasteiger partial charge is 0.497 e. The third-order valence-corrected chi connectivity index (χ3v) is 4.72. The Morgan fingerprint density at radius 1 is 1.30 bits per heavy atom. The van der Waals surface area contributed by atoms with Crippen LogP contribution in [0, 0.1) is 0 Å². The number of methoxy groups -OCH3 is 1. The van der Waals surface area contributed by atoms with Gasteiger partial charge in [0.2, 0.25) is 15.9 Å². The number of sulfonamides is 1. The standard InChI is InChI=1S/C16H26N2O4S/c1-4-6-16(19)17-10-12-18(23(3,20)21)11-9-14-7-5-8-15(13-14)22-2/h5,7-8,13H,4,6,9-12H2,1-3H3,(H,17,19). The van der Waals surface area contributed by atoms with Gasteiger partial charge in [-0.1, -0.05) is 19.1 Å². The minimum Gasteiger partial charge on any atom is -0.497 e. The molecule has 0 aromatic heterocycles. The predicted molar refractivity (Wildman–Crippen MR) is 91.0 cm³/mol. The van der Waals surface area contributed by atoms with E-state index in [-0.39, 0.29) is 12.5 Å². The SMILES string of the molecule is CCCC(=O)NCCN(CCc1cccc(OC)c1)S(C)(=O)=O. The Morgan fingerprint density at radius 2 is 2.04 bits per heavy atom. The lowest BCUT2D eigenvalue weighted by atomic mass is 10.1. The summed E-state index contributed by atoms with van der Waals surface area (Å²) < 4.78 is 30.3. The summed E-state index contributed by atoms with van der Waals surface area (Å²) in [5.41, 5.74) is 1.01. The Kier molecular flexibility index (Phi) is 8.05. The Bertz CT molecular complexity index is 602. The van der Waals surface area contributed by atoms with Gasteiger partial charge in [-0.25, -0.2) is 12.7 Å².